The zero-order valence-electron chi connectivity index (χ0n) is 13.4. The number of aliphatic hydroxyl groups excluding tert-OH is 4. The molecule has 1 rings (SSSR count). The van der Waals surface area contributed by atoms with E-state index in [-0.39, 0.29) is 29.6 Å². The summed E-state index contributed by atoms with van der Waals surface area (Å²) in [4.78, 5) is 40.9. The molecule has 0 fully saturated rings. The fourth-order valence-electron chi connectivity index (χ4n) is 1.53. The minimum absolute atomic E-state index is 0. The van der Waals surface area contributed by atoms with Gasteiger partial charge in [-0.25, -0.2) is 9.59 Å². The van der Waals surface area contributed by atoms with Crippen LogP contribution >= 0.6 is 0 Å². The van der Waals surface area contributed by atoms with Crippen LogP contribution in [-0.4, -0.2) is 84.0 Å². The molecule has 0 spiro atoms. The fraction of sp³-hybridized carbons (Fsp3) is 0.500. The van der Waals surface area contributed by atoms with Crippen molar-refractivity contribution in [2.75, 3.05) is 6.61 Å². The Labute approximate surface area is 167 Å². The topological polar surface area (TPSA) is 242 Å². The molecule has 3 atom stereocenters. The van der Waals surface area contributed by atoms with Crippen LogP contribution in [0.4, 0.5) is 0 Å². The molecule has 0 saturated heterocycles. The van der Waals surface area contributed by atoms with Gasteiger partial charge in [-0.1, -0.05) is 0 Å². The molecule has 1 heterocycles. The zero-order valence-corrected chi connectivity index (χ0v) is 15.4. The molecule has 1 aliphatic heterocycles. The Morgan fingerprint density at radius 2 is 1.69 bits per heavy atom. The van der Waals surface area contributed by atoms with Crippen LogP contribution in [0.1, 0.15) is 12.8 Å². The minimum atomic E-state index is -2.80. The van der Waals surface area contributed by atoms with Crippen LogP contribution in [-0.2, 0) is 23.9 Å². The van der Waals surface area contributed by atoms with Crippen LogP contribution in [0.5, 0.6) is 0 Å². The van der Waals surface area contributed by atoms with Crippen molar-refractivity contribution in [3.8, 4) is 0 Å². The first-order valence-electron chi connectivity index (χ1n) is 6.35. The Kier molecular flexibility index (Phi) is 11.1. The predicted molar refractivity (Wildman–Crippen MR) is 69.7 cm³/mol. The molecule has 26 heavy (non-hydrogen) atoms. The van der Waals surface area contributed by atoms with Crippen molar-refractivity contribution in [2.24, 2.45) is 0 Å². The number of hydrogen-bond donors (Lipinski definition) is 7. The van der Waals surface area contributed by atoms with Gasteiger partial charge in [-0.05, 0) is 0 Å². The van der Waals surface area contributed by atoms with Crippen LogP contribution in [0.25, 0.3) is 0 Å². The SMILES string of the molecule is O=C([O-])CC(O)(CC(=O)O)C(=O)O.O=C1O[C@H]([C@@H](O)CO)C(O)=C1O.[Na+]. The second kappa shape index (κ2) is 10.9. The first-order chi connectivity index (χ1) is 11.4. The third-order valence-electron chi connectivity index (χ3n) is 2.75. The molecule has 7 N–H and O–H groups in total. The average molecular weight is 390 g/mol. The number of aliphatic hydroxyl groups is 5. The number of carboxylic acid groups (broad SMARTS) is 3. The molecule has 14 heteroatoms. The summed E-state index contributed by atoms with van der Waals surface area (Å²) in [6, 6.07) is 0. The molecular formula is C12H15NaO13. The maximum atomic E-state index is 10.5. The fourth-order valence-corrected chi connectivity index (χ4v) is 1.53. The Morgan fingerprint density at radius 3 is 1.96 bits per heavy atom. The second-order valence-corrected chi connectivity index (χ2v) is 4.77. The quantitative estimate of drug-likeness (QED) is 0.158. The maximum Gasteiger partial charge on any atom is 1.00 e. The molecule has 142 valence electrons. The van der Waals surface area contributed by atoms with E-state index in [1.807, 2.05) is 0 Å². The third-order valence-corrected chi connectivity index (χ3v) is 2.75. The predicted octanol–water partition coefficient (Wildman–Crippen LogP) is -6.99. The van der Waals surface area contributed by atoms with Crippen molar-refractivity contribution >= 4 is 23.9 Å². The smallest absolute Gasteiger partial charge is 0.550 e. The summed E-state index contributed by atoms with van der Waals surface area (Å²) in [5, 5.41) is 70.5. The van der Waals surface area contributed by atoms with Crippen LogP contribution < -0.4 is 34.7 Å². The molecular weight excluding hydrogens is 375 g/mol. The summed E-state index contributed by atoms with van der Waals surface area (Å²) in [5.41, 5.74) is -2.80. The standard InChI is InChI=1S/C6H8O7.C6H8O6.Na/c7-3(8)1-6(13,5(11)12)2-4(9)10;7-1-2(8)5-3(9)4(10)6(11)12-5;/h13H,1-2H2,(H,7,8)(H,9,10)(H,11,12);2,5,7-10H,1H2;/q;;+1/p-1/t;2-,5+;/m.0./s1. The van der Waals surface area contributed by atoms with Gasteiger partial charge in [-0.3, -0.25) is 4.79 Å². The van der Waals surface area contributed by atoms with Crippen molar-refractivity contribution in [3.63, 3.8) is 0 Å². The van der Waals surface area contributed by atoms with Gasteiger partial charge in [0.1, 0.15) is 6.10 Å². The summed E-state index contributed by atoms with van der Waals surface area (Å²) in [6.45, 7) is -0.671. The molecule has 0 saturated carbocycles. The molecule has 0 aromatic carbocycles. The van der Waals surface area contributed by atoms with Crippen molar-refractivity contribution in [1.82, 2.24) is 0 Å². The van der Waals surface area contributed by atoms with E-state index in [1.54, 1.807) is 0 Å². The van der Waals surface area contributed by atoms with Crippen molar-refractivity contribution in [2.45, 2.75) is 30.7 Å². The molecule has 0 bridgehead atoms. The molecule has 0 radical (unpaired) electrons. The van der Waals surface area contributed by atoms with Gasteiger partial charge < -0.3 is 50.4 Å². The van der Waals surface area contributed by atoms with Gasteiger partial charge in [0, 0.05) is 12.4 Å². The van der Waals surface area contributed by atoms with E-state index in [2.05, 4.69) is 4.74 Å². The number of aliphatic carboxylic acids is 3. The number of rotatable bonds is 7. The Bertz CT molecular complexity index is 568. The number of esters is 1. The number of carbonyl (C=O) groups excluding carboxylic acids is 2. The first kappa shape index (κ1) is 26.3. The van der Waals surface area contributed by atoms with Crippen molar-refractivity contribution in [1.29, 1.82) is 0 Å². The summed E-state index contributed by atoms with van der Waals surface area (Å²) in [5.74, 6) is -8.12. The summed E-state index contributed by atoms with van der Waals surface area (Å²) >= 11 is 0. The Hall–Kier alpha value is -1.90. The number of carbonyl (C=O) groups is 4. The number of carboxylic acids is 3. The molecule has 0 aromatic heterocycles. The molecule has 1 unspecified atom stereocenters. The Balaban J connectivity index is 0. The molecule has 13 nitrogen and oxygen atoms in total. The van der Waals surface area contributed by atoms with E-state index in [9.17, 15) is 24.3 Å². The van der Waals surface area contributed by atoms with E-state index in [0.29, 0.717) is 0 Å². The molecule has 0 aliphatic carbocycles. The van der Waals surface area contributed by atoms with E-state index in [1.165, 1.54) is 0 Å². The number of ether oxygens (including phenoxy) is 1. The Morgan fingerprint density at radius 1 is 1.19 bits per heavy atom. The van der Waals surface area contributed by atoms with Gasteiger partial charge in [0.25, 0.3) is 0 Å². The van der Waals surface area contributed by atoms with Crippen molar-refractivity contribution in [3.05, 3.63) is 11.5 Å². The number of cyclic esters (lactones) is 1. The van der Waals surface area contributed by atoms with Gasteiger partial charge in [-0.15, -0.1) is 0 Å². The number of hydrogen-bond acceptors (Lipinski definition) is 11. The van der Waals surface area contributed by atoms with Crippen LogP contribution in [0.3, 0.4) is 0 Å². The monoisotopic (exact) mass is 390 g/mol. The van der Waals surface area contributed by atoms with Gasteiger partial charge in [0.15, 0.2) is 17.5 Å². The van der Waals surface area contributed by atoms with Crippen LogP contribution in [0, 0.1) is 0 Å². The molecule has 1 aliphatic rings. The average Bonchev–Trinajstić information content (AvgIpc) is 2.73. The normalized spacial score (nSPS) is 19.2. The summed E-state index contributed by atoms with van der Waals surface area (Å²) in [6.07, 6.45) is -5.22. The maximum absolute atomic E-state index is 10.5. The van der Waals surface area contributed by atoms with E-state index in [4.69, 9.17) is 35.7 Å². The third kappa shape index (κ3) is 7.55. The van der Waals surface area contributed by atoms with E-state index < -0.39 is 72.7 Å². The summed E-state index contributed by atoms with van der Waals surface area (Å²) < 4.78 is 4.32. The minimum Gasteiger partial charge on any atom is -0.550 e. The molecule has 0 amide bonds. The van der Waals surface area contributed by atoms with Crippen LogP contribution in [0.15, 0.2) is 11.5 Å². The largest absolute Gasteiger partial charge is 1.00 e. The van der Waals surface area contributed by atoms with E-state index in [0.717, 1.165) is 0 Å². The van der Waals surface area contributed by atoms with Gasteiger partial charge in [0.2, 0.25) is 5.76 Å². The van der Waals surface area contributed by atoms with Crippen molar-refractivity contribution < 1.29 is 94.3 Å². The van der Waals surface area contributed by atoms with E-state index >= 15 is 0 Å². The first-order valence-corrected chi connectivity index (χ1v) is 6.35. The van der Waals surface area contributed by atoms with Gasteiger partial charge in [0.05, 0.1) is 13.0 Å². The molecule has 0 aromatic rings. The zero-order chi connectivity index (χ0) is 19.9. The summed E-state index contributed by atoms with van der Waals surface area (Å²) in [7, 11) is 0. The van der Waals surface area contributed by atoms with Gasteiger partial charge >= 0.3 is 47.5 Å². The second-order valence-electron chi connectivity index (χ2n) is 4.77. The van der Waals surface area contributed by atoms with Gasteiger partial charge in [-0.2, -0.15) is 0 Å². The van der Waals surface area contributed by atoms with Crippen LogP contribution in [0.2, 0.25) is 0 Å².